The smallest absolute Gasteiger partial charge is 0.268 e. The molecule has 0 radical (unpaired) electrons. The molecular weight excluding hydrogens is 952 g/mol. The van der Waals surface area contributed by atoms with Gasteiger partial charge in [-0.2, -0.15) is 0 Å². The number of nitrogens with one attached hydrogen (secondary N) is 3. The third-order valence-electron chi connectivity index (χ3n) is 15.9. The fourth-order valence-electron chi connectivity index (χ4n) is 11.7. The van der Waals surface area contributed by atoms with Gasteiger partial charge in [0.2, 0.25) is 0 Å². The Morgan fingerprint density at radius 3 is 2.48 bits per heavy atom. The van der Waals surface area contributed by atoms with Crippen LogP contribution in [0.5, 0.6) is 17.4 Å². The zero-order valence-corrected chi connectivity index (χ0v) is 43.6. The highest BCUT2D eigenvalue weighted by molar-refractivity contribution is 7.90. The number of benzene rings is 2. The van der Waals surface area contributed by atoms with Gasteiger partial charge in [-0.15, -0.1) is 0 Å². The van der Waals surface area contributed by atoms with Crippen LogP contribution < -0.4 is 29.5 Å². The molecule has 3 aliphatic carbocycles. The van der Waals surface area contributed by atoms with Gasteiger partial charge < -0.3 is 40.2 Å². The zero-order valence-electron chi connectivity index (χ0n) is 42.8. The molecule has 1 amide bonds. The number of rotatable bonds is 17. The third kappa shape index (κ3) is 11.3. The van der Waals surface area contributed by atoms with Crippen molar-refractivity contribution in [3.8, 4) is 17.4 Å². The number of hydroxylamine groups is 1. The van der Waals surface area contributed by atoms with Crippen LogP contribution >= 0.6 is 0 Å². The molecule has 392 valence electrons. The fraction of sp³-hybridized carbons (Fsp3) is 0.509. The highest BCUT2D eigenvalue weighted by Crippen LogP contribution is 2.53. The van der Waals surface area contributed by atoms with E-state index in [1.807, 2.05) is 6.92 Å². The number of anilines is 2. The van der Waals surface area contributed by atoms with E-state index < -0.39 is 32.4 Å². The van der Waals surface area contributed by atoms with Crippen molar-refractivity contribution < 1.29 is 42.4 Å². The van der Waals surface area contributed by atoms with Gasteiger partial charge in [0, 0.05) is 81.3 Å². The number of carbonyl (C=O) groups is 1. The minimum Gasteiger partial charge on any atom is -0.629 e. The average Bonchev–Trinajstić information content (AvgIpc) is 3.63. The Morgan fingerprint density at radius 2 is 1.78 bits per heavy atom. The van der Waals surface area contributed by atoms with Crippen LogP contribution in [0.4, 0.5) is 21.6 Å². The van der Waals surface area contributed by atoms with Crippen LogP contribution in [0.1, 0.15) is 124 Å². The quantitative estimate of drug-likeness (QED) is 0.0659. The lowest BCUT2D eigenvalue weighted by Gasteiger charge is -2.58. The standard InChI is InChI=1S/C55H71FN8O8S/c1-7-71-53-49(29-44-45(56)26-36(4)50(44)59-53)72-48-27-38(12-13-43(48)52(66)60-73(69,70)40-28-46(61(6)68)51(58-33-40)57-32-37-14-16-54(5,67)17-15-37)63-20-18-55(19-21-63)30-39(31-55)64-23-22-62(24-25-65)34-47(64)42-11-9-8-10-41(42)35(2)3/h8-13,26-29,33,35,37,39,47,61,65,67H,4,7,14-25,30-32,34H2,1-3,5-6H3,(H,57,58)(H,60,66)/t37-,47?,54-. The SMILES string of the molecule is C=C1C=C(F)c2cc(Oc3cc(N4CCC5(CC4)CC(N4CCN(CCO)CC4c4ccccc4C(C)C)C5)ccc3C(=O)NS(=O)(=O)c3cnc(NC[C@H]4CC[C@](C)(O)CC4)c([NH+](C)[O-])c3)c(OCC)nc21. The summed E-state index contributed by atoms with van der Waals surface area (Å²) in [5.41, 5.74) is 3.75. The summed E-state index contributed by atoms with van der Waals surface area (Å²) in [6, 6.07) is 17.1. The number of carbonyl (C=O) groups excluding carboxylic acids is 1. The number of β-amino-alcohol motifs (C(OH)–C–C–N with tert-alkyl or cyclic N) is 1. The van der Waals surface area contributed by atoms with Crippen molar-refractivity contribution in [3.05, 3.63) is 107 Å². The van der Waals surface area contributed by atoms with Crippen molar-refractivity contribution in [1.29, 1.82) is 0 Å². The highest BCUT2D eigenvalue weighted by Gasteiger charge is 2.50. The number of aromatic nitrogens is 2. The van der Waals surface area contributed by atoms with Crippen molar-refractivity contribution >= 4 is 44.5 Å². The van der Waals surface area contributed by atoms with Crippen LogP contribution in [0.3, 0.4) is 0 Å². The van der Waals surface area contributed by atoms with E-state index in [1.54, 1.807) is 19.1 Å². The Bertz CT molecular complexity index is 2830. The number of allylic oxidation sites excluding steroid dienone is 2. The molecule has 2 aromatic heterocycles. The number of ether oxygens (including phenoxy) is 2. The van der Waals surface area contributed by atoms with E-state index in [0.29, 0.717) is 49.2 Å². The largest absolute Gasteiger partial charge is 0.629 e. The molecule has 2 saturated carbocycles. The summed E-state index contributed by atoms with van der Waals surface area (Å²) < 4.78 is 57.7. The molecule has 2 aliphatic heterocycles. The highest BCUT2D eigenvalue weighted by atomic mass is 32.2. The summed E-state index contributed by atoms with van der Waals surface area (Å²) >= 11 is 0. The molecule has 4 aromatic rings. The first-order valence-electron chi connectivity index (χ1n) is 25.9. The number of hydrogen-bond acceptors (Lipinski definition) is 14. The Labute approximate surface area is 428 Å². The molecule has 2 saturated heterocycles. The van der Waals surface area contributed by atoms with E-state index >= 15 is 4.39 Å². The number of sulfonamides is 1. The molecule has 2 unspecified atom stereocenters. The summed E-state index contributed by atoms with van der Waals surface area (Å²) in [5.74, 6) is -0.621. The van der Waals surface area contributed by atoms with E-state index in [0.717, 1.165) is 83.1 Å². The van der Waals surface area contributed by atoms with Gasteiger partial charge in [0.25, 0.3) is 21.8 Å². The van der Waals surface area contributed by atoms with Gasteiger partial charge in [-0.3, -0.25) is 14.6 Å². The van der Waals surface area contributed by atoms with E-state index in [4.69, 9.17) is 9.47 Å². The van der Waals surface area contributed by atoms with Crippen LogP contribution in [0.2, 0.25) is 0 Å². The number of amides is 1. The second-order valence-electron chi connectivity index (χ2n) is 21.4. The van der Waals surface area contributed by atoms with E-state index in [9.17, 15) is 28.6 Å². The normalized spacial score (nSPS) is 23.0. The van der Waals surface area contributed by atoms with E-state index in [1.165, 1.54) is 42.4 Å². The maximum absolute atomic E-state index is 15.2. The Morgan fingerprint density at radius 1 is 1.04 bits per heavy atom. The lowest BCUT2D eigenvalue weighted by Crippen LogP contribution is -2.98. The number of nitrogens with zero attached hydrogens (tertiary/aromatic N) is 5. The van der Waals surface area contributed by atoms with Crippen LogP contribution in [0.25, 0.3) is 11.4 Å². The molecule has 5 aliphatic rings. The Hall–Kier alpha value is -5.47. The molecule has 4 fully saturated rings. The van der Waals surface area contributed by atoms with Gasteiger partial charge in [0.1, 0.15) is 16.5 Å². The average molecular weight is 1020 g/mol. The molecule has 0 bridgehead atoms. The first-order valence-corrected chi connectivity index (χ1v) is 27.4. The Balaban J connectivity index is 0.941. The third-order valence-corrected chi connectivity index (χ3v) is 17.2. The molecule has 16 nitrogen and oxygen atoms in total. The lowest BCUT2D eigenvalue weighted by atomic mass is 9.59. The molecule has 18 heteroatoms. The van der Waals surface area contributed by atoms with Crippen LogP contribution in [-0.2, 0) is 10.0 Å². The molecule has 4 heterocycles. The molecule has 73 heavy (non-hydrogen) atoms. The lowest BCUT2D eigenvalue weighted by molar-refractivity contribution is -0.751. The zero-order chi connectivity index (χ0) is 51.8. The summed E-state index contributed by atoms with van der Waals surface area (Å²) in [7, 11) is -3.28. The first-order chi connectivity index (χ1) is 34.9. The predicted molar refractivity (Wildman–Crippen MR) is 280 cm³/mol. The predicted octanol–water partition coefficient (Wildman–Crippen LogP) is 7.34. The van der Waals surface area contributed by atoms with Gasteiger partial charge in [-0.25, -0.2) is 27.5 Å². The number of quaternary nitrogens is 1. The monoisotopic (exact) mass is 1020 g/mol. The maximum Gasteiger partial charge on any atom is 0.268 e. The van der Waals surface area contributed by atoms with Crippen LogP contribution in [-0.4, -0.2) is 122 Å². The summed E-state index contributed by atoms with van der Waals surface area (Å²) in [6.45, 7) is 17.8. The summed E-state index contributed by atoms with van der Waals surface area (Å²) in [5, 5.41) is 35.9. The van der Waals surface area contributed by atoms with Gasteiger partial charge in [-0.05, 0) is 123 Å². The Kier molecular flexibility index (Phi) is 15.4. The van der Waals surface area contributed by atoms with Gasteiger partial charge in [-0.1, -0.05) is 44.7 Å². The number of fused-ring (bicyclic) bond motifs is 1. The second kappa shape index (κ2) is 21.4. The molecular formula is C55H71FN8O8S. The molecule has 5 N–H and O–H groups in total. The minimum absolute atomic E-state index is 0.00232. The molecule has 1 spiro atoms. The summed E-state index contributed by atoms with van der Waals surface area (Å²) in [6.07, 6.45) is 9.40. The number of piperazine rings is 1. The first kappa shape index (κ1) is 52.4. The van der Waals surface area contributed by atoms with Crippen LogP contribution in [0.15, 0.2) is 78.3 Å². The number of pyridine rings is 2. The van der Waals surface area contributed by atoms with Gasteiger partial charge in [0.15, 0.2) is 17.3 Å². The number of halogens is 1. The molecule has 2 aromatic carbocycles. The van der Waals surface area contributed by atoms with Crippen molar-refractivity contribution in [1.82, 2.24) is 24.5 Å². The van der Waals surface area contributed by atoms with Crippen molar-refractivity contribution in [2.75, 3.05) is 76.3 Å². The number of aliphatic hydroxyl groups is 2. The second-order valence-corrected chi connectivity index (χ2v) is 23.1. The minimum atomic E-state index is -4.60. The van der Waals surface area contributed by atoms with Gasteiger partial charge >= 0.3 is 0 Å². The number of aliphatic hydroxyl groups excluding tert-OH is 1. The van der Waals surface area contributed by atoms with Crippen molar-refractivity contribution in [3.63, 3.8) is 0 Å². The van der Waals surface area contributed by atoms with Crippen LogP contribution in [0, 0.1) is 16.5 Å². The van der Waals surface area contributed by atoms with E-state index in [2.05, 4.69) is 79.4 Å². The van der Waals surface area contributed by atoms with Gasteiger partial charge in [0.05, 0.1) is 43.3 Å². The number of hydrogen-bond donors (Lipinski definition) is 5. The maximum atomic E-state index is 15.2. The topological polar surface area (TPSA) is 197 Å². The van der Waals surface area contributed by atoms with Crippen molar-refractivity contribution in [2.45, 2.75) is 108 Å². The summed E-state index contributed by atoms with van der Waals surface area (Å²) in [4.78, 5) is 30.1. The number of piperidine rings is 1. The van der Waals surface area contributed by atoms with Crippen molar-refractivity contribution in [2.24, 2.45) is 11.3 Å². The fourth-order valence-corrected chi connectivity index (χ4v) is 12.6. The molecule has 2 atom stereocenters. The van der Waals surface area contributed by atoms with E-state index in [-0.39, 0.29) is 75.5 Å². The molecule has 9 rings (SSSR count).